The number of rotatable bonds is 6. The van der Waals surface area contributed by atoms with Crippen LogP contribution in [0.2, 0.25) is 0 Å². The van der Waals surface area contributed by atoms with E-state index in [0.29, 0.717) is 18.6 Å². The van der Waals surface area contributed by atoms with Gasteiger partial charge < -0.3 is 10.1 Å². The highest BCUT2D eigenvalue weighted by molar-refractivity contribution is 5.23. The first kappa shape index (κ1) is 14.5. The molecule has 20 heavy (non-hydrogen) atoms. The predicted octanol–water partition coefficient (Wildman–Crippen LogP) is 3.69. The third-order valence-electron chi connectivity index (χ3n) is 3.10. The summed E-state index contributed by atoms with van der Waals surface area (Å²) in [5.74, 6) is -0.326. The van der Waals surface area contributed by atoms with E-state index in [4.69, 9.17) is 4.74 Å². The van der Waals surface area contributed by atoms with Crippen LogP contribution in [-0.4, -0.2) is 13.7 Å². The number of ether oxygens (including phenoxy) is 1. The quantitative estimate of drug-likeness (QED) is 0.869. The molecule has 106 valence electrons. The third kappa shape index (κ3) is 3.78. The minimum absolute atomic E-state index is 0.209. The molecule has 0 radical (unpaired) electrons. The fourth-order valence-corrected chi connectivity index (χ4v) is 2.05. The van der Waals surface area contributed by atoms with E-state index in [1.165, 1.54) is 12.1 Å². The van der Waals surface area contributed by atoms with E-state index in [-0.39, 0.29) is 6.04 Å². The van der Waals surface area contributed by atoms with Crippen molar-refractivity contribution in [1.29, 1.82) is 0 Å². The van der Waals surface area contributed by atoms with Crippen molar-refractivity contribution in [3.05, 3.63) is 65.7 Å². The zero-order valence-corrected chi connectivity index (χ0v) is 11.3. The highest BCUT2D eigenvalue weighted by Gasteiger charge is 2.14. The highest BCUT2D eigenvalue weighted by Crippen LogP contribution is 2.21. The molecule has 2 rings (SSSR count). The molecule has 0 fully saturated rings. The summed E-state index contributed by atoms with van der Waals surface area (Å²) in [6.07, 6.45) is 0.591. The van der Waals surface area contributed by atoms with Crippen molar-refractivity contribution in [2.24, 2.45) is 0 Å². The molecule has 0 aliphatic carbocycles. The maximum Gasteiger partial charge on any atom is 0.130 e. The van der Waals surface area contributed by atoms with Crippen LogP contribution in [0.25, 0.3) is 0 Å². The van der Waals surface area contributed by atoms with Gasteiger partial charge in [0.2, 0.25) is 0 Å². The molecular weight excluding hydrogens is 260 g/mol. The summed E-state index contributed by atoms with van der Waals surface area (Å²) in [4.78, 5) is 0. The fraction of sp³-hybridized carbons (Fsp3) is 0.250. The minimum Gasteiger partial charge on any atom is -0.494 e. The second kappa shape index (κ2) is 7.01. The van der Waals surface area contributed by atoms with E-state index < -0.39 is 11.6 Å². The smallest absolute Gasteiger partial charge is 0.130 e. The van der Waals surface area contributed by atoms with Crippen molar-refractivity contribution in [1.82, 2.24) is 5.32 Å². The van der Waals surface area contributed by atoms with Gasteiger partial charge in [0.1, 0.15) is 17.4 Å². The number of benzene rings is 2. The van der Waals surface area contributed by atoms with Gasteiger partial charge in [-0.3, -0.25) is 0 Å². The predicted molar refractivity (Wildman–Crippen MR) is 74.7 cm³/mol. The molecule has 0 amide bonds. The monoisotopic (exact) mass is 277 g/mol. The van der Waals surface area contributed by atoms with Gasteiger partial charge in [-0.15, -0.1) is 0 Å². The molecule has 0 saturated carbocycles. The molecule has 0 aromatic heterocycles. The number of para-hydroxylation sites is 1. The zero-order valence-electron chi connectivity index (χ0n) is 11.3. The van der Waals surface area contributed by atoms with Gasteiger partial charge in [0.15, 0.2) is 0 Å². The molecule has 1 N–H and O–H groups in total. The molecule has 0 bridgehead atoms. The summed E-state index contributed by atoms with van der Waals surface area (Å²) in [5, 5.41) is 3.02. The molecule has 2 aromatic rings. The van der Waals surface area contributed by atoms with Crippen LogP contribution >= 0.6 is 0 Å². The second-order valence-corrected chi connectivity index (χ2v) is 4.46. The maximum absolute atomic E-state index is 13.7. The molecule has 1 unspecified atom stereocenters. The van der Waals surface area contributed by atoms with Crippen LogP contribution in [0.1, 0.15) is 18.0 Å². The lowest BCUT2D eigenvalue weighted by molar-refractivity contribution is 0.288. The first-order valence-corrected chi connectivity index (χ1v) is 6.51. The van der Waals surface area contributed by atoms with Gasteiger partial charge in [0.05, 0.1) is 6.61 Å². The van der Waals surface area contributed by atoms with Gasteiger partial charge in [-0.1, -0.05) is 24.3 Å². The normalized spacial score (nSPS) is 12.2. The summed E-state index contributed by atoms with van der Waals surface area (Å²) < 4.78 is 32.2. The van der Waals surface area contributed by atoms with Crippen molar-refractivity contribution in [3.63, 3.8) is 0 Å². The van der Waals surface area contributed by atoms with Crippen molar-refractivity contribution < 1.29 is 13.5 Å². The molecule has 0 saturated heterocycles. The molecular formula is C16H17F2NO. The largest absolute Gasteiger partial charge is 0.494 e. The fourth-order valence-electron chi connectivity index (χ4n) is 2.05. The summed E-state index contributed by atoms with van der Waals surface area (Å²) in [6, 6.07) is 12.9. The van der Waals surface area contributed by atoms with Gasteiger partial charge >= 0.3 is 0 Å². The Morgan fingerprint density at radius 3 is 2.50 bits per heavy atom. The topological polar surface area (TPSA) is 21.3 Å². The Bertz CT molecular complexity index is 545. The van der Waals surface area contributed by atoms with Crippen LogP contribution in [0.5, 0.6) is 5.75 Å². The Morgan fingerprint density at radius 1 is 1.10 bits per heavy atom. The average molecular weight is 277 g/mol. The van der Waals surface area contributed by atoms with Crippen LogP contribution in [0.15, 0.2) is 48.5 Å². The number of hydrogen-bond donors (Lipinski definition) is 1. The van der Waals surface area contributed by atoms with Crippen LogP contribution in [0, 0.1) is 11.6 Å². The van der Waals surface area contributed by atoms with Crippen molar-refractivity contribution in [3.8, 4) is 5.75 Å². The van der Waals surface area contributed by atoms with E-state index >= 15 is 0 Å². The van der Waals surface area contributed by atoms with Gasteiger partial charge in [0.25, 0.3) is 0 Å². The minimum atomic E-state index is -0.568. The van der Waals surface area contributed by atoms with E-state index in [1.807, 2.05) is 30.3 Å². The van der Waals surface area contributed by atoms with E-state index in [9.17, 15) is 8.78 Å². The molecule has 4 heteroatoms. The lowest BCUT2D eigenvalue weighted by Crippen LogP contribution is -2.20. The maximum atomic E-state index is 13.7. The first-order valence-electron chi connectivity index (χ1n) is 6.51. The van der Waals surface area contributed by atoms with Crippen LogP contribution in [0.3, 0.4) is 0 Å². The van der Waals surface area contributed by atoms with Crippen LogP contribution < -0.4 is 10.1 Å². The van der Waals surface area contributed by atoms with Crippen molar-refractivity contribution in [2.45, 2.75) is 12.5 Å². The number of halogens is 2. The van der Waals surface area contributed by atoms with Crippen molar-refractivity contribution >= 4 is 0 Å². The SMILES string of the molecule is CNC(CCOc1ccccc1)c1ccc(F)cc1F. The Hall–Kier alpha value is -1.94. The molecule has 1 atom stereocenters. The summed E-state index contributed by atoms with van der Waals surface area (Å²) in [6.45, 7) is 0.451. The molecule has 0 heterocycles. The van der Waals surface area contributed by atoms with Crippen LogP contribution in [-0.2, 0) is 0 Å². The Labute approximate surface area is 117 Å². The van der Waals surface area contributed by atoms with E-state index in [0.717, 1.165) is 11.8 Å². The number of nitrogens with one attached hydrogen (secondary N) is 1. The van der Waals surface area contributed by atoms with E-state index in [2.05, 4.69) is 5.32 Å². The molecule has 0 aliphatic rings. The first-order chi connectivity index (χ1) is 9.70. The molecule has 2 aromatic carbocycles. The van der Waals surface area contributed by atoms with Crippen LogP contribution in [0.4, 0.5) is 8.78 Å². The zero-order chi connectivity index (χ0) is 14.4. The highest BCUT2D eigenvalue weighted by atomic mass is 19.1. The lowest BCUT2D eigenvalue weighted by Gasteiger charge is -2.17. The molecule has 0 spiro atoms. The average Bonchev–Trinajstić information content (AvgIpc) is 2.46. The Morgan fingerprint density at radius 2 is 1.85 bits per heavy atom. The Kier molecular flexibility index (Phi) is 5.07. The molecule has 2 nitrogen and oxygen atoms in total. The molecule has 0 aliphatic heterocycles. The summed E-state index contributed by atoms with van der Waals surface area (Å²) in [5.41, 5.74) is 0.450. The van der Waals surface area contributed by atoms with E-state index in [1.54, 1.807) is 7.05 Å². The lowest BCUT2D eigenvalue weighted by atomic mass is 10.0. The Balaban J connectivity index is 1.95. The summed E-state index contributed by atoms with van der Waals surface area (Å²) >= 11 is 0. The van der Waals surface area contributed by atoms with Crippen molar-refractivity contribution in [2.75, 3.05) is 13.7 Å². The van der Waals surface area contributed by atoms with Gasteiger partial charge in [0, 0.05) is 24.1 Å². The van der Waals surface area contributed by atoms with Gasteiger partial charge in [-0.25, -0.2) is 8.78 Å². The van der Waals surface area contributed by atoms with Gasteiger partial charge in [-0.2, -0.15) is 0 Å². The summed E-state index contributed by atoms with van der Waals surface area (Å²) in [7, 11) is 1.75. The standard InChI is InChI=1S/C16H17F2NO/c1-19-16(14-8-7-12(17)11-15(14)18)9-10-20-13-5-3-2-4-6-13/h2-8,11,16,19H,9-10H2,1H3. The number of hydrogen-bond acceptors (Lipinski definition) is 2. The van der Waals surface area contributed by atoms with Gasteiger partial charge in [-0.05, 0) is 25.2 Å². The third-order valence-corrected chi connectivity index (χ3v) is 3.10. The second-order valence-electron chi connectivity index (χ2n) is 4.46.